The summed E-state index contributed by atoms with van der Waals surface area (Å²) >= 11 is 8.42. The van der Waals surface area contributed by atoms with Crippen LogP contribution in [-0.4, -0.2) is 14.3 Å². The molecule has 152 valence electrons. The van der Waals surface area contributed by atoms with Gasteiger partial charge in [-0.3, -0.25) is 9.52 Å². The van der Waals surface area contributed by atoms with Gasteiger partial charge in [-0.2, -0.15) is 0 Å². The van der Waals surface area contributed by atoms with E-state index in [0.717, 1.165) is 16.2 Å². The third-order valence-corrected chi connectivity index (χ3v) is 7.90. The van der Waals surface area contributed by atoms with Crippen molar-refractivity contribution < 1.29 is 17.6 Å². The van der Waals surface area contributed by atoms with Crippen molar-refractivity contribution >= 4 is 56.3 Å². The lowest BCUT2D eigenvalue weighted by Crippen LogP contribution is -2.18. The maximum absolute atomic E-state index is 13.1. The summed E-state index contributed by atoms with van der Waals surface area (Å²) in [7, 11) is -3.85. The van der Waals surface area contributed by atoms with E-state index in [2.05, 4.69) is 10.0 Å². The molecule has 0 saturated heterocycles. The lowest BCUT2D eigenvalue weighted by atomic mass is 10.3. The predicted molar refractivity (Wildman–Crippen MR) is 115 cm³/mol. The molecule has 2 N–H and O–H groups in total. The van der Waals surface area contributed by atoms with E-state index in [1.54, 1.807) is 30.3 Å². The van der Waals surface area contributed by atoms with Crippen molar-refractivity contribution in [1.82, 2.24) is 5.32 Å². The minimum absolute atomic E-state index is 0.121. The quantitative estimate of drug-likeness (QED) is 0.502. The Hall–Kier alpha value is -2.07. The molecule has 0 spiro atoms. The van der Waals surface area contributed by atoms with Gasteiger partial charge in [0.1, 0.15) is 10.0 Å². The van der Waals surface area contributed by atoms with Gasteiger partial charge >= 0.3 is 0 Å². The number of hydrogen-bond acceptors (Lipinski definition) is 5. The van der Waals surface area contributed by atoms with E-state index >= 15 is 0 Å². The second-order valence-electron chi connectivity index (χ2n) is 5.93. The molecule has 10 heteroatoms. The van der Waals surface area contributed by atoms with Crippen LogP contribution in [0.15, 0.2) is 68.6 Å². The molecule has 29 heavy (non-hydrogen) atoms. The maximum atomic E-state index is 13.1. The highest BCUT2D eigenvalue weighted by atomic mass is 35.5. The van der Waals surface area contributed by atoms with Crippen LogP contribution in [0.25, 0.3) is 0 Å². The molecule has 0 atom stereocenters. The topological polar surface area (TPSA) is 75.3 Å². The first-order chi connectivity index (χ1) is 13.7. The smallest absolute Gasteiger partial charge is 0.271 e. The Bertz CT molecular complexity index is 1130. The molecular formula is C19H16ClFN2O3S3. The molecule has 2 aromatic carbocycles. The first-order valence-electron chi connectivity index (χ1n) is 8.32. The number of rotatable bonds is 7. The van der Waals surface area contributed by atoms with E-state index in [0.29, 0.717) is 20.5 Å². The normalized spacial score (nSPS) is 11.3. The monoisotopic (exact) mass is 470 g/mol. The lowest BCUT2D eigenvalue weighted by molar-refractivity contribution is -0.119. The summed E-state index contributed by atoms with van der Waals surface area (Å²) in [6.45, 7) is 1.66. The summed E-state index contributed by atoms with van der Waals surface area (Å²) in [5.41, 5.74) is 0.323. The van der Waals surface area contributed by atoms with Crippen LogP contribution in [0, 0.1) is 5.82 Å². The van der Waals surface area contributed by atoms with Crippen molar-refractivity contribution in [3.8, 4) is 0 Å². The van der Waals surface area contributed by atoms with Crippen LogP contribution in [-0.2, 0) is 21.4 Å². The van der Waals surface area contributed by atoms with E-state index < -0.39 is 10.0 Å². The van der Waals surface area contributed by atoms with E-state index in [-0.39, 0.29) is 22.5 Å². The molecule has 5 nitrogen and oxygen atoms in total. The van der Waals surface area contributed by atoms with Crippen molar-refractivity contribution in [2.24, 2.45) is 0 Å². The highest BCUT2D eigenvalue weighted by molar-refractivity contribution is 7.99. The number of benzene rings is 2. The summed E-state index contributed by atoms with van der Waals surface area (Å²) in [5.74, 6) is -0.540. The number of halogens is 2. The molecule has 0 aliphatic heterocycles. The third-order valence-electron chi connectivity index (χ3n) is 3.64. The number of carbonyl (C=O) groups is 1. The lowest BCUT2D eigenvalue weighted by Gasteiger charge is -2.12. The first-order valence-corrected chi connectivity index (χ1v) is 11.8. The highest BCUT2D eigenvalue weighted by Gasteiger charge is 2.19. The van der Waals surface area contributed by atoms with E-state index in [4.69, 9.17) is 11.6 Å². The van der Waals surface area contributed by atoms with Gasteiger partial charge in [0.05, 0.1) is 12.2 Å². The molecule has 1 amide bonds. The number of hydrogen-bond donors (Lipinski definition) is 2. The molecule has 0 aliphatic rings. The summed E-state index contributed by atoms with van der Waals surface area (Å²) in [5, 5.41) is 3.01. The Morgan fingerprint density at radius 3 is 2.55 bits per heavy atom. The average molecular weight is 471 g/mol. The summed E-state index contributed by atoms with van der Waals surface area (Å²) < 4.78 is 41.5. The van der Waals surface area contributed by atoms with Gasteiger partial charge in [-0.25, -0.2) is 12.8 Å². The van der Waals surface area contributed by atoms with Crippen molar-refractivity contribution in [3.63, 3.8) is 0 Å². The largest absolute Gasteiger partial charge is 0.351 e. The Morgan fingerprint density at radius 2 is 1.86 bits per heavy atom. The van der Waals surface area contributed by atoms with Crippen molar-refractivity contribution in [1.29, 1.82) is 0 Å². The Morgan fingerprint density at radius 1 is 1.14 bits per heavy atom. The second kappa shape index (κ2) is 9.17. The summed E-state index contributed by atoms with van der Waals surface area (Å²) in [6, 6.07) is 13.9. The molecule has 0 aliphatic carbocycles. The van der Waals surface area contributed by atoms with Gasteiger partial charge in [-0.05, 0) is 54.6 Å². The Kier molecular flexibility index (Phi) is 6.84. The maximum Gasteiger partial charge on any atom is 0.271 e. The van der Waals surface area contributed by atoms with Gasteiger partial charge in [0.2, 0.25) is 5.91 Å². The molecule has 1 heterocycles. The summed E-state index contributed by atoms with van der Waals surface area (Å²) in [6.07, 6.45) is 0. The minimum Gasteiger partial charge on any atom is -0.351 e. The summed E-state index contributed by atoms with van der Waals surface area (Å²) in [4.78, 5) is 13.1. The zero-order valence-corrected chi connectivity index (χ0v) is 18.3. The second-order valence-corrected chi connectivity index (χ2v) is 10.6. The van der Waals surface area contributed by atoms with E-state index in [1.165, 1.54) is 43.0 Å². The van der Waals surface area contributed by atoms with Crippen molar-refractivity contribution in [3.05, 3.63) is 70.3 Å². The molecule has 0 fully saturated rings. The van der Waals surface area contributed by atoms with Gasteiger partial charge in [0, 0.05) is 26.6 Å². The van der Waals surface area contributed by atoms with Crippen LogP contribution in [0.3, 0.4) is 0 Å². The Labute approximate surface area is 181 Å². The molecule has 0 saturated carbocycles. The number of thiophene rings is 1. The standard InChI is InChI=1S/C19H16ClFN2O3S3/c1-12(24)22-11-16-7-9-19(28-16)29(25,26)23-17-10-13(20)2-8-18(17)27-15-5-3-14(21)4-6-15/h2-10,23H,11H2,1H3,(H,22,24). The van der Waals surface area contributed by atoms with Gasteiger partial charge in [-0.15, -0.1) is 11.3 Å². The number of anilines is 1. The molecule has 3 rings (SSSR count). The zero-order chi connectivity index (χ0) is 21.0. The first kappa shape index (κ1) is 21.6. The molecule has 1 aromatic heterocycles. The van der Waals surface area contributed by atoms with Gasteiger partial charge in [0.25, 0.3) is 10.0 Å². The number of amides is 1. The Balaban J connectivity index is 1.83. The van der Waals surface area contributed by atoms with Crippen molar-refractivity contribution in [2.45, 2.75) is 27.5 Å². The number of carbonyl (C=O) groups excluding carboxylic acids is 1. The fraction of sp³-hybridized carbons (Fsp3) is 0.105. The van der Waals surface area contributed by atoms with Crippen LogP contribution in [0.2, 0.25) is 5.02 Å². The van der Waals surface area contributed by atoms with Crippen LogP contribution >= 0.6 is 34.7 Å². The van der Waals surface area contributed by atoms with Crippen LogP contribution < -0.4 is 10.0 Å². The minimum atomic E-state index is -3.85. The van der Waals surface area contributed by atoms with Gasteiger partial charge in [-0.1, -0.05) is 23.4 Å². The molecule has 0 bridgehead atoms. The number of nitrogens with one attached hydrogen (secondary N) is 2. The fourth-order valence-electron chi connectivity index (χ4n) is 2.30. The van der Waals surface area contributed by atoms with Crippen LogP contribution in [0.1, 0.15) is 11.8 Å². The van der Waals surface area contributed by atoms with Crippen LogP contribution in [0.5, 0.6) is 0 Å². The van der Waals surface area contributed by atoms with Crippen molar-refractivity contribution in [2.75, 3.05) is 4.72 Å². The van der Waals surface area contributed by atoms with Gasteiger partial charge < -0.3 is 5.32 Å². The van der Waals surface area contributed by atoms with E-state index in [9.17, 15) is 17.6 Å². The van der Waals surface area contributed by atoms with E-state index in [1.807, 2.05) is 0 Å². The average Bonchev–Trinajstić information content (AvgIpc) is 3.14. The predicted octanol–water partition coefficient (Wildman–Crippen LogP) is 5.13. The molecular weight excluding hydrogens is 455 g/mol. The third kappa shape index (κ3) is 5.96. The number of sulfonamides is 1. The molecule has 0 radical (unpaired) electrons. The fourth-order valence-corrected chi connectivity index (χ4v) is 5.79. The van der Waals surface area contributed by atoms with Crippen LogP contribution in [0.4, 0.5) is 10.1 Å². The zero-order valence-electron chi connectivity index (χ0n) is 15.1. The highest BCUT2D eigenvalue weighted by Crippen LogP contribution is 2.36. The molecule has 3 aromatic rings. The SMILES string of the molecule is CC(=O)NCc1ccc(S(=O)(=O)Nc2cc(Cl)ccc2Sc2ccc(F)cc2)s1. The van der Waals surface area contributed by atoms with Gasteiger partial charge in [0.15, 0.2) is 0 Å². The molecule has 0 unspecified atom stereocenters.